The molecule has 0 radical (unpaired) electrons. The third-order valence-electron chi connectivity index (χ3n) is 25.7. The van der Waals surface area contributed by atoms with Crippen molar-refractivity contribution in [2.24, 2.45) is 0 Å². The van der Waals surface area contributed by atoms with E-state index in [-0.39, 0.29) is 52.7 Å². The van der Waals surface area contributed by atoms with Gasteiger partial charge >= 0.3 is 0 Å². The van der Waals surface area contributed by atoms with E-state index in [1.54, 1.807) is 81.0 Å². The van der Waals surface area contributed by atoms with Crippen LogP contribution >= 0.6 is 0 Å². The van der Waals surface area contributed by atoms with Gasteiger partial charge < -0.3 is 5.32 Å². The molecule has 30 heteroatoms. The smallest absolute Gasteiger partial charge is 0.256 e. The van der Waals surface area contributed by atoms with Crippen molar-refractivity contribution in [1.82, 2.24) is 95.3 Å². The summed E-state index contributed by atoms with van der Waals surface area (Å²) in [7, 11) is 0. The van der Waals surface area contributed by atoms with Crippen LogP contribution in [0.5, 0.6) is 0 Å². The molecule has 0 spiro atoms. The lowest BCUT2D eigenvalue weighted by atomic mass is 9.88. The van der Waals surface area contributed by atoms with Gasteiger partial charge in [-0.25, -0.2) is 14.0 Å². The molecule has 0 atom stereocenters. The van der Waals surface area contributed by atoms with Gasteiger partial charge in [-0.3, -0.25) is 52.7 Å². The molecule has 5 fully saturated rings. The van der Waals surface area contributed by atoms with E-state index >= 15 is 0 Å². The lowest BCUT2D eigenvalue weighted by Crippen LogP contribution is -2.30. The molecular formula is C97H87N19O11. The summed E-state index contributed by atoms with van der Waals surface area (Å²) in [4.78, 5) is 139. The predicted molar refractivity (Wildman–Crippen MR) is 465 cm³/mol. The number of Topliss-reactive ketones (excluding diaryl/α,β-unsaturated/α-hetero) is 11. The van der Waals surface area contributed by atoms with Crippen LogP contribution in [0, 0.1) is 6.92 Å². The van der Waals surface area contributed by atoms with Crippen molar-refractivity contribution in [2.45, 2.75) is 178 Å². The molecular weight excluding hydrogens is 1610 g/mol. The highest BCUT2D eigenvalue weighted by Crippen LogP contribution is 2.44. The van der Waals surface area contributed by atoms with Gasteiger partial charge in [0.2, 0.25) is 28.9 Å². The third-order valence-corrected chi connectivity index (χ3v) is 25.7. The van der Waals surface area contributed by atoms with Crippen LogP contribution in [-0.4, -0.2) is 167 Å². The Balaban J connectivity index is 0.0000000993. The molecule has 24 rings (SSSR count). The molecule has 11 aliphatic rings. The van der Waals surface area contributed by atoms with E-state index in [2.05, 4.69) is 73.4 Å². The summed E-state index contributed by atoms with van der Waals surface area (Å²) >= 11 is 0. The number of aromatic nitrogens is 18. The Bertz CT molecular complexity index is 6340. The van der Waals surface area contributed by atoms with Gasteiger partial charge in [0.25, 0.3) is 28.9 Å². The molecule has 7 heterocycles. The molecule has 30 nitrogen and oxygen atoms in total. The van der Waals surface area contributed by atoms with Crippen LogP contribution in [0.4, 0.5) is 0 Å². The Morgan fingerprint density at radius 3 is 0.961 bits per heavy atom. The van der Waals surface area contributed by atoms with Crippen molar-refractivity contribution >= 4 is 69.2 Å². The molecule has 0 amide bonds. The first-order valence-electron chi connectivity index (χ1n) is 43.8. The van der Waals surface area contributed by atoms with Crippen LogP contribution in [0.1, 0.15) is 297 Å². The summed E-state index contributed by atoms with van der Waals surface area (Å²) in [6.07, 6.45) is 24.6. The minimum Gasteiger partial charge on any atom is -0.317 e. The van der Waals surface area contributed by atoms with Crippen molar-refractivity contribution in [2.75, 3.05) is 13.1 Å². The maximum absolute atomic E-state index is 12.5. The Kier molecular flexibility index (Phi) is 22.5. The molecule has 7 aromatic carbocycles. The molecule has 1 aliphatic heterocycles. The monoisotopic (exact) mass is 1690 g/mol. The number of piperidine rings is 1. The number of allylic oxidation sites excluding steroid dienone is 1. The first-order chi connectivity index (χ1) is 62.0. The van der Waals surface area contributed by atoms with Crippen LogP contribution in [0.2, 0.25) is 0 Å². The number of nitrogens with one attached hydrogen (secondary N) is 1. The van der Waals surface area contributed by atoms with E-state index in [9.17, 15) is 52.7 Å². The Morgan fingerprint density at radius 2 is 0.543 bits per heavy atom. The van der Waals surface area contributed by atoms with Crippen LogP contribution in [0.15, 0.2) is 176 Å². The van der Waals surface area contributed by atoms with Gasteiger partial charge in [-0.05, 0) is 96.4 Å². The predicted octanol–water partition coefficient (Wildman–Crippen LogP) is 16.0. The lowest BCUT2D eigenvalue weighted by Gasteiger charge is -2.26. The molecule has 6 aromatic heterocycles. The van der Waals surface area contributed by atoms with Gasteiger partial charge in [0.05, 0.1) is 41.6 Å². The molecule has 4 saturated carbocycles. The largest absolute Gasteiger partial charge is 0.317 e. The fourth-order valence-electron chi connectivity index (χ4n) is 19.0. The van der Waals surface area contributed by atoms with Crippen molar-refractivity contribution in [1.29, 1.82) is 0 Å². The van der Waals surface area contributed by atoms with Crippen molar-refractivity contribution in [3.8, 4) is 73.2 Å². The van der Waals surface area contributed by atoms with E-state index in [0.29, 0.717) is 84.7 Å². The van der Waals surface area contributed by atoms with Gasteiger partial charge in [-0.1, -0.05) is 263 Å². The van der Waals surface area contributed by atoms with Gasteiger partial charge in [0.1, 0.15) is 39.9 Å². The number of hydrogen-bond acceptors (Lipinski definition) is 24. The first-order valence-corrected chi connectivity index (χ1v) is 43.8. The SMILES string of the molecule is C=C1C(=O)c2ccccc2-c2c1nnn2C1CCNCC1.Cc1ccc(-n2nc3c(n2)-c2ccccc2C(=O)C3=O)cc1.O=C1C(=O)c2c(nnn2C2CCCCC2)-c2ccccc21.O=C1C(=O)c2nn(C3CCCCC3)nc2-c2ccccc21.O=C1C(=O)c2nn(C3CCCCC3)nc2-c2ccccc21.O=C1C(=O)c2nnn(C3CCCCC3)c2-c2ccccc21. The minimum atomic E-state index is -0.605. The zero-order chi connectivity index (χ0) is 87.3. The van der Waals surface area contributed by atoms with Crippen LogP contribution < -0.4 is 5.32 Å². The van der Waals surface area contributed by atoms with Gasteiger partial charge in [0.15, 0.2) is 28.6 Å². The standard InChI is InChI=1S/C17H11N3O2.C16H16N4O.4C16H15N3O2/c1-10-6-8-11(9-7-10)20-18-14-12-4-2-3-5-13(12)16(21)17(22)15(14)19-20;1-10-14-15(12-4-2-3-5-13(12)16(10)21)20(19-18-14)11-6-8-17-9-7-11;20-15-12-9-5-4-8-11(12)14-13(16(15)21)17-18-19(14)10-6-2-1-3-7-10;20-15-12-9-5-4-8-11(12)13-14(16(15)21)19(18-17-13)10-6-2-1-3-7-10;2*20-15-12-9-5-4-8-11(12)13-14(16(15)21)18-19(17-13)10-6-2-1-3-7-10/h2-9H,1H3;2-5,11,17H,1,6-9H2;4*4-5,8-10H,1-3,6-7H2. The topological polar surface area (TPSA) is 384 Å². The lowest BCUT2D eigenvalue weighted by molar-refractivity contribution is 0.0806. The second-order valence-electron chi connectivity index (χ2n) is 33.7. The number of fused-ring (bicyclic) bond motifs is 18. The average Bonchev–Trinajstić information content (AvgIpc) is 1.71. The number of nitrogens with zero attached hydrogens (tertiary/aromatic N) is 18. The summed E-state index contributed by atoms with van der Waals surface area (Å²) in [6, 6.07) is 52.2. The zero-order valence-corrected chi connectivity index (χ0v) is 69.8. The number of ketones is 11. The number of carbonyl (C=O) groups is 11. The average molecular weight is 1690 g/mol. The fourth-order valence-corrected chi connectivity index (χ4v) is 19.0. The molecule has 0 bridgehead atoms. The normalized spacial score (nSPS) is 17.5. The van der Waals surface area contributed by atoms with Gasteiger partial charge in [-0.2, -0.15) is 24.6 Å². The highest BCUT2D eigenvalue weighted by Gasteiger charge is 2.43. The zero-order valence-electron chi connectivity index (χ0n) is 69.8. The molecule has 636 valence electrons. The second kappa shape index (κ2) is 34.9. The minimum absolute atomic E-state index is 0.0459. The van der Waals surface area contributed by atoms with E-state index < -0.39 is 57.8 Å². The van der Waals surface area contributed by atoms with Crippen molar-refractivity contribution in [3.63, 3.8) is 0 Å². The highest BCUT2D eigenvalue weighted by molar-refractivity contribution is 6.55. The summed E-state index contributed by atoms with van der Waals surface area (Å²) in [5.41, 5.74) is 15.3. The van der Waals surface area contributed by atoms with Crippen LogP contribution in [-0.2, 0) is 0 Å². The van der Waals surface area contributed by atoms with E-state index in [1.165, 1.54) is 69.0 Å². The molecule has 127 heavy (non-hydrogen) atoms. The summed E-state index contributed by atoms with van der Waals surface area (Å²) < 4.78 is 5.56. The summed E-state index contributed by atoms with van der Waals surface area (Å²) in [5.74, 6) is -5.14. The number of carbonyl (C=O) groups excluding carboxylic acids is 11. The van der Waals surface area contributed by atoms with Gasteiger partial charge in [-0.15, -0.1) is 35.7 Å². The Hall–Kier alpha value is -14.6. The molecule has 13 aromatic rings. The third kappa shape index (κ3) is 15.2. The quantitative estimate of drug-likeness (QED) is 0.119. The maximum Gasteiger partial charge on any atom is 0.256 e. The Morgan fingerprint density at radius 1 is 0.260 bits per heavy atom. The summed E-state index contributed by atoms with van der Waals surface area (Å²) in [5, 5.41) is 54.9. The van der Waals surface area contributed by atoms with E-state index in [4.69, 9.17) is 0 Å². The molecule has 10 aliphatic carbocycles. The second-order valence-corrected chi connectivity index (χ2v) is 33.7. The van der Waals surface area contributed by atoms with E-state index in [0.717, 1.165) is 141 Å². The first kappa shape index (κ1) is 82.1. The number of benzene rings is 7. The number of aryl methyl sites for hydroxylation is 1. The number of hydrogen-bond donors (Lipinski definition) is 1. The summed E-state index contributed by atoms with van der Waals surface area (Å²) in [6.45, 7) is 7.88. The molecule has 1 N–H and O–H groups in total. The van der Waals surface area contributed by atoms with Crippen LogP contribution in [0.3, 0.4) is 0 Å². The van der Waals surface area contributed by atoms with Crippen molar-refractivity contribution in [3.05, 3.63) is 250 Å². The molecule has 1 saturated heterocycles. The Labute approximate surface area is 727 Å². The van der Waals surface area contributed by atoms with Crippen molar-refractivity contribution < 1.29 is 52.7 Å². The van der Waals surface area contributed by atoms with E-state index in [1.807, 2.05) is 119 Å². The fraction of sp³-hybridized carbons (Fsp3) is 0.309. The van der Waals surface area contributed by atoms with Crippen LogP contribution in [0.25, 0.3) is 78.8 Å². The molecule has 0 unspecified atom stereocenters. The van der Waals surface area contributed by atoms with Gasteiger partial charge in [0, 0.05) is 72.3 Å². The highest BCUT2D eigenvalue weighted by atomic mass is 16.2. The maximum atomic E-state index is 12.5. The number of rotatable bonds is 6.